The van der Waals surface area contributed by atoms with Crippen LogP contribution < -0.4 is 0 Å². The number of aromatic carboxylic acids is 1. The van der Waals surface area contributed by atoms with Crippen LogP contribution in [0.15, 0.2) is 18.2 Å². The predicted molar refractivity (Wildman–Crippen MR) is 142 cm³/mol. The highest BCUT2D eigenvalue weighted by Gasteiger charge is 2.34. The zero-order valence-corrected chi connectivity index (χ0v) is 22.7. The maximum absolute atomic E-state index is 15.4. The molecule has 0 atom stereocenters. The van der Waals surface area contributed by atoms with Gasteiger partial charge in [-0.25, -0.2) is 26.7 Å². The molecular formula is C32H39F5O2. The van der Waals surface area contributed by atoms with Gasteiger partial charge in [-0.3, -0.25) is 0 Å². The Labute approximate surface area is 228 Å². The highest BCUT2D eigenvalue weighted by molar-refractivity contribution is 5.91. The van der Waals surface area contributed by atoms with Gasteiger partial charge in [0, 0.05) is 5.56 Å². The Morgan fingerprint density at radius 1 is 0.744 bits per heavy atom. The van der Waals surface area contributed by atoms with Crippen LogP contribution in [-0.2, 0) is 0 Å². The van der Waals surface area contributed by atoms with Crippen LogP contribution in [0.2, 0.25) is 0 Å². The van der Waals surface area contributed by atoms with E-state index in [0.717, 1.165) is 24.8 Å². The van der Waals surface area contributed by atoms with Crippen molar-refractivity contribution in [3.8, 4) is 11.1 Å². The molecule has 0 amide bonds. The van der Waals surface area contributed by atoms with Crippen LogP contribution in [0.1, 0.15) is 119 Å². The maximum Gasteiger partial charge on any atom is 0.341 e. The van der Waals surface area contributed by atoms with Gasteiger partial charge in [-0.15, -0.1) is 0 Å². The lowest BCUT2D eigenvalue weighted by Gasteiger charge is -2.38. The molecule has 2 aliphatic carbocycles. The molecule has 2 fully saturated rings. The molecule has 1 N–H and O–H groups in total. The van der Waals surface area contributed by atoms with E-state index in [1.54, 1.807) is 0 Å². The van der Waals surface area contributed by atoms with Gasteiger partial charge in [0.15, 0.2) is 17.5 Å². The number of carboxylic acid groups (broad SMARTS) is 1. The van der Waals surface area contributed by atoms with Gasteiger partial charge in [0.1, 0.15) is 17.2 Å². The zero-order chi connectivity index (χ0) is 28.1. The van der Waals surface area contributed by atoms with Crippen molar-refractivity contribution in [1.29, 1.82) is 0 Å². The molecule has 4 rings (SSSR count). The van der Waals surface area contributed by atoms with E-state index < -0.39 is 40.6 Å². The van der Waals surface area contributed by atoms with Gasteiger partial charge in [0.25, 0.3) is 0 Å². The molecule has 2 aliphatic rings. The SMILES string of the molecule is CCCCCCC[C@H]1CC[C@H](C2CCC(c3cc(F)c(C(=O)O)c(F)c3-c3cc(F)c(F)c(F)c3)CC2)CC1. The quantitative estimate of drug-likeness (QED) is 0.182. The van der Waals surface area contributed by atoms with Gasteiger partial charge < -0.3 is 5.11 Å². The van der Waals surface area contributed by atoms with E-state index in [-0.39, 0.29) is 22.6 Å². The number of hydrogen-bond acceptors (Lipinski definition) is 1. The van der Waals surface area contributed by atoms with E-state index in [4.69, 9.17) is 0 Å². The number of carboxylic acids is 1. The zero-order valence-electron chi connectivity index (χ0n) is 22.7. The van der Waals surface area contributed by atoms with Crippen LogP contribution in [0.5, 0.6) is 0 Å². The van der Waals surface area contributed by atoms with E-state index in [0.29, 0.717) is 36.8 Å². The van der Waals surface area contributed by atoms with E-state index in [9.17, 15) is 27.5 Å². The van der Waals surface area contributed by atoms with Crippen LogP contribution in [0.25, 0.3) is 11.1 Å². The molecule has 2 saturated carbocycles. The number of halogens is 5. The third kappa shape index (κ3) is 6.83. The van der Waals surface area contributed by atoms with Crippen molar-refractivity contribution >= 4 is 5.97 Å². The van der Waals surface area contributed by atoms with Crippen molar-refractivity contribution in [3.63, 3.8) is 0 Å². The van der Waals surface area contributed by atoms with E-state index in [1.807, 2.05) is 0 Å². The first-order valence-electron chi connectivity index (χ1n) is 14.6. The van der Waals surface area contributed by atoms with Gasteiger partial charge in [-0.05, 0) is 91.5 Å². The molecule has 0 aromatic heterocycles. The summed E-state index contributed by atoms with van der Waals surface area (Å²) in [6.45, 7) is 2.23. The minimum absolute atomic E-state index is 0.186. The Morgan fingerprint density at radius 2 is 1.31 bits per heavy atom. The summed E-state index contributed by atoms with van der Waals surface area (Å²) in [7, 11) is 0. The summed E-state index contributed by atoms with van der Waals surface area (Å²) in [6.07, 6.45) is 15.9. The Hall–Kier alpha value is -2.44. The average Bonchev–Trinajstić information content (AvgIpc) is 2.91. The van der Waals surface area contributed by atoms with E-state index in [1.165, 1.54) is 64.2 Å². The summed E-state index contributed by atoms with van der Waals surface area (Å²) >= 11 is 0. The number of rotatable bonds is 10. The Morgan fingerprint density at radius 3 is 1.87 bits per heavy atom. The fourth-order valence-electron chi connectivity index (χ4n) is 7.04. The van der Waals surface area contributed by atoms with Gasteiger partial charge >= 0.3 is 5.97 Å². The van der Waals surface area contributed by atoms with Crippen LogP contribution >= 0.6 is 0 Å². The molecule has 7 heteroatoms. The molecule has 214 valence electrons. The number of benzene rings is 2. The average molecular weight is 551 g/mol. The van der Waals surface area contributed by atoms with Crippen molar-refractivity contribution in [2.75, 3.05) is 0 Å². The minimum Gasteiger partial charge on any atom is -0.477 e. The molecule has 0 radical (unpaired) electrons. The van der Waals surface area contributed by atoms with Crippen molar-refractivity contribution < 1.29 is 31.9 Å². The highest BCUT2D eigenvalue weighted by atomic mass is 19.2. The molecule has 0 aliphatic heterocycles. The predicted octanol–water partition coefficient (Wildman–Crippen LogP) is 10.2. The first-order chi connectivity index (χ1) is 18.7. The second kappa shape index (κ2) is 13.3. The third-order valence-electron chi connectivity index (χ3n) is 9.22. The highest BCUT2D eigenvalue weighted by Crippen LogP contribution is 2.47. The second-order valence-electron chi connectivity index (χ2n) is 11.7. The topological polar surface area (TPSA) is 37.3 Å². The summed E-state index contributed by atoms with van der Waals surface area (Å²) in [6, 6.07) is 2.26. The van der Waals surface area contributed by atoms with Crippen molar-refractivity contribution in [1.82, 2.24) is 0 Å². The Balaban J connectivity index is 1.45. The largest absolute Gasteiger partial charge is 0.477 e. The summed E-state index contributed by atoms with van der Waals surface area (Å²) in [5, 5.41) is 9.36. The lowest BCUT2D eigenvalue weighted by Crippen LogP contribution is -2.25. The van der Waals surface area contributed by atoms with E-state index in [2.05, 4.69) is 6.92 Å². The van der Waals surface area contributed by atoms with Gasteiger partial charge in [0.2, 0.25) is 0 Å². The molecule has 0 unspecified atom stereocenters. The van der Waals surface area contributed by atoms with Gasteiger partial charge in [0.05, 0.1) is 0 Å². The monoisotopic (exact) mass is 550 g/mol. The van der Waals surface area contributed by atoms with Crippen LogP contribution in [-0.4, -0.2) is 11.1 Å². The van der Waals surface area contributed by atoms with Crippen LogP contribution in [0, 0.1) is 46.8 Å². The number of carbonyl (C=O) groups is 1. The molecule has 2 aromatic rings. The van der Waals surface area contributed by atoms with Gasteiger partial charge in [-0.1, -0.05) is 58.3 Å². The van der Waals surface area contributed by atoms with Crippen LogP contribution in [0.3, 0.4) is 0 Å². The molecule has 0 bridgehead atoms. The minimum atomic E-state index is -1.82. The van der Waals surface area contributed by atoms with Crippen LogP contribution in [0.4, 0.5) is 22.0 Å². The molecule has 0 spiro atoms. The molecular weight excluding hydrogens is 511 g/mol. The Bertz CT molecular complexity index is 1120. The summed E-state index contributed by atoms with van der Waals surface area (Å²) in [4.78, 5) is 11.6. The fraction of sp³-hybridized carbons (Fsp3) is 0.594. The lowest BCUT2D eigenvalue weighted by atomic mass is 9.67. The molecule has 39 heavy (non-hydrogen) atoms. The molecule has 0 saturated heterocycles. The fourth-order valence-corrected chi connectivity index (χ4v) is 7.04. The smallest absolute Gasteiger partial charge is 0.341 e. The van der Waals surface area contributed by atoms with Crippen molar-refractivity contribution in [3.05, 3.63) is 58.4 Å². The lowest BCUT2D eigenvalue weighted by molar-refractivity contribution is 0.0686. The third-order valence-corrected chi connectivity index (χ3v) is 9.22. The molecule has 0 heterocycles. The Kier molecular flexibility index (Phi) is 10.1. The van der Waals surface area contributed by atoms with Crippen molar-refractivity contribution in [2.45, 2.75) is 103 Å². The number of unbranched alkanes of at least 4 members (excludes halogenated alkanes) is 4. The summed E-state index contributed by atoms with van der Waals surface area (Å²) in [5.41, 5.74) is -1.70. The summed E-state index contributed by atoms with van der Waals surface area (Å²) < 4.78 is 71.9. The summed E-state index contributed by atoms with van der Waals surface area (Å²) in [5.74, 6) is -7.47. The second-order valence-corrected chi connectivity index (χ2v) is 11.7. The van der Waals surface area contributed by atoms with Gasteiger partial charge in [-0.2, -0.15) is 0 Å². The number of hydrogen-bond donors (Lipinski definition) is 1. The molecule has 2 nitrogen and oxygen atoms in total. The maximum atomic E-state index is 15.4. The standard InChI is InChI=1S/C32H39F5O2/c1-2-3-4-5-6-7-19-8-10-20(11-9-19)21-12-14-22(15-13-21)24-18-25(33)29(32(38)39)31(37)28(24)23-16-26(34)30(36)27(35)17-23/h16-22H,2-15H2,1H3,(H,38,39)/t19-,20-,21?,22?. The normalized spacial score (nSPS) is 23.6. The molecule has 2 aromatic carbocycles. The van der Waals surface area contributed by atoms with E-state index >= 15 is 4.39 Å². The first kappa shape index (κ1) is 29.5. The first-order valence-corrected chi connectivity index (χ1v) is 14.6. The van der Waals surface area contributed by atoms with Crippen molar-refractivity contribution in [2.24, 2.45) is 17.8 Å².